The molecule has 0 radical (unpaired) electrons. The van der Waals surface area contributed by atoms with Crippen molar-refractivity contribution < 1.29 is 9.21 Å². The monoisotopic (exact) mass is 428 g/mol. The molecule has 5 rings (SSSR count). The van der Waals surface area contributed by atoms with Crippen LogP contribution in [0.15, 0.2) is 76.3 Å². The van der Waals surface area contributed by atoms with Gasteiger partial charge in [0.1, 0.15) is 5.58 Å². The summed E-state index contributed by atoms with van der Waals surface area (Å²) in [5.74, 6) is -0.139. The van der Waals surface area contributed by atoms with E-state index in [2.05, 4.69) is 10.1 Å². The Bertz CT molecular complexity index is 1290. The molecule has 1 aliphatic carbocycles. The largest absolute Gasteiger partial charge is 0.451 e. The van der Waals surface area contributed by atoms with Crippen LogP contribution in [0.5, 0.6) is 0 Å². The van der Waals surface area contributed by atoms with Crippen molar-refractivity contribution in [1.29, 1.82) is 0 Å². The second kappa shape index (κ2) is 8.78. The maximum Gasteiger partial charge on any atom is 0.290 e. The van der Waals surface area contributed by atoms with Crippen LogP contribution < -0.4 is 5.43 Å². The smallest absolute Gasteiger partial charge is 0.290 e. The molecule has 1 aromatic carbocycles. The molecule has 7 heteroatoms. The van der Waals surface area contributed by atoms with Crippen molar-refractivity contribution in [3.63, 3.8) is 0 Å². The van der Waals surface area contributed by atoms with Gasteiger partial charge in [-0.1, -0.05) is 25.0 Å². The van der Waals surface area contributed by atoms with E-state index in [9.17, 15) is 9.59 Å². The molecule has 1 aliphatic rings. The van der Waals surface area contributed by atoms with Gasteiger partial charge in [0.05, 0.1) is 17.6 Å². The number of amides is 1. The molecular weight excluding hydrogens is 404 g/mol. The summed E-state index contributed by atoms with van der Waals surface area (Å²) in [4.78, 5) is 31.8. The van der Waals surface area contributed by atoms with Crippen LogP contribution in [-0.4, -0.2) is 38.2 Å². The van der Waals surface area contributed by atoms with Gasteiger partial charge in [-0.2, -0.15) is 5.10 Å². The van der Waals surface area contributed by atoms with Gasteiger partial charge in [-0.05, 0) is 43.2 Å². The molecule has 4 aromatic rings. The van der Waals surface area contributed by atoms with Gasteiger partial charge in [-0.25, -0.2) is 0 Å². The van der Waals surface area contributed by atoms with Crippen molar-refractivity contribution >= 4 is 16.9 Å². The highest BCUT2D eigenvalue weighted by Gasteiger charge is 2.29. The first-order chi connectivity index (χ1) is 15.7. The van der Waals surface area contributed by atoms with Gasteiger partial charge < -0.3 is 9.32 Å². The number of aromatic nitrogens is 3. The van der Waals surface area contributed by atoms with Gasteiger partial charge in [0.15, 0.2) is 11.2 Å². The van der Waals surface area contributed by atoms with E-state index in [0.29, 0.717) is 24.1 Å². The highest BCUT2D eigenvalue weighted by Crippen LogP contribution is 2.25. The van der Waals surface area contributed by atoms with Crippen molar-refractivity contribution in [3.8, 4) is 11.3 Å². The second-order valence-corrected chi connectivity index (χ2v) is 8.11. The number of fused-ring (bicyclic) bond motifs is 1. The highest BCUT2D eigenvalue weighted by atomic mass is 16.3. The molecule has 0 N–H and O–H groups in total. The lowest BCUT2D eigenvalue weighted by Crippen LogP contribution is -2.41. The Hall–Kier alpha value is -3.74. The maximum absolute atomic E-state index is 13.4. The number of benzene rings is 1. The zero-order chi connectivity index (χ0) is 21.9. The lowest BCUT2D eigenvalue weighted by molar-refractivity contribution is 0.0639. The van der Waals surface area contributed by atoms with E-state index in [-0.39, 0.29) is 23.1 Å². The first-order valence-electron chi connectivity index (χ1n) is 11.0. The predicted molar refractivity (Wildman–Crippen MR) is 121 cm³/mol. The third-order valence-corrected chi connectivity index (χ3v) is 6.06. The molecular formula is C25H24N4O3. The van der Waals surface area contributed by atoms with Crippen LogP contribution in [0.2, 0.25) is 0 Å². The van der Waals surface area contributed by atoms with Crippen LogP contribution >= 0.6 is 0 Å². The predicted octanol–water partition coefficient (Wildman–Crippen LogP) is 4.14. The number of hydrogen-bond donors (Lipinski definition) is 0. The third-order valence-electron chi connectivity index (χ3n) is 6.06. The summed E-state index contributed by atoms with van der Waals surface area (Å²) in [7, 11) is 0. The summed E-state index contributed by atoms with van der Waals surface area (Å²) in [6.45, 7) is 1.06. The second-order valence-electron chi connectivity index (χ2n) is 8.11. The maximum atomic E-state index is 13.4. The zero-order valence-electron chi connectivity index (χ0n) is 17.7. The molecule has 0 bridgehead atoms. The average Bonchev–Trinajstić information content (AvgIpc) is 3.52. The van der Waals surface area contributed by atoms with Gasteiger partial charge in [-0.3, -0.25) is 19.3 Å². The lowest BCUT2D eigenvalue weighted by atomic mass is 10.1. The Morgan fingerprint density at radius 2 is 1.88 bits per heavy atom. The van der Waals surface area contributed by atoms with Crippen LogP contribution in [0.3, 0.4) is 0 Å². The molecule has 0 aliphatic heterocycles. The first-order valence-corrected chi connectivity index (χ1v) is 11.0. The van der Waals surface area contributed by atoms with Gasteiger partial charge in [0, 0.05) is 42.8 Å². The van der Waals surface area contributed by atoms with Gasteiger partial charge in [0.25, 0.3) is 5.91 Å². The first kappa shape index (κ1) is 20.2. The molecule has 0 saturated heterocycles. The summed E-state index contributed by atoms with van der Waals surface area (Å²) in [5.41, 5.74) is 2.10. The lowest BCUT2D eigenvalue weighted by Gasteiger charge is -2.28. The van der Waals surface area contributed by atoms with E-state index in [0.717, 1.165) is 36.9 Å². The Balaban J connectivity index is 1.38. The average molecular weight is 428 g/mol. The van der Waals surface area contributed by atoms with E-state index in [1.54, 1.807) is 36.7 Å². The number of carbonyl (C=O) groups excluding carboxylic acids is 1. The van der Waals surface area contributed by atoms with E-state index in [1.165, 1.54) is 6.07 Å². The Labute approximate surface area is 185 Å². The quantitative estimate of drug-likeness (QED) is 0.461. The molecule has 7 nitrogen and oxygen atoms in total. The molecule has 162 valence electrons. The molecule has 3 heterocycles. The summed E-state index contributed by atoms with van der Waals surface area (Å²) < 4.78 is 7.69. The van der Waals surface area contributed by atoms with E-state index in [4.69, 9.17) is 4.42 Å². The molecule has 3 aromatic heterocycles. The minimum atomic E-state index is -0.235. The number of hydrogen-bond acceptors (Lipinski definition) is 5. The normalized spacial score (nSPS) is 14.1. The molecule has 0 spiro atoms. The summed E-state index contributed by atoms with van der Waals surface area (Å²) >= 11 is 0. The Morgan fingerprint density at radius 1 is 1.09 bits per heavy atom. The number of rotatable bonds is 6. The van der Waals surface area contributed by atoms with Crippen molar-refractivity contribution in [2.24, 2.45) is 0 Å². The number of pyridine rings is 1. The summed E-state index contributed by atoms with van der Waals surface area (Å²) in [6, 6.07) is 14.3. The molecule has 0 unspecified atom stereocenters. The fraction of sp³-hybridized carbons (Fsp3) is 0.280. The van der Waals surface area contributed by atoms with Crippen LogP contribution in [0.4, 0.5) is 0 Å². The van der Waals surface area contributed by atoms with Crippen LogP contribution in [0.1, 0.15) is 36.2 Å². The molecule has 32 heavy (non-hydrogen) atoms. The molecule has 1 saturated carbocycles. The van der Waals surface area contributed by atoms with Crippen LogP contribution in [0.25, 0.3) is 22.2 Å². The van der Waals surface area contributed by atoms with Crippen LogP contribution in [-0.2, 0) is 6.54 Å². The SMILES string of the molecule is O=C(c1cc(=O)c2ccccc2o1)N(CCn1ccc(-c2ccncc2)n1)C1CCCC1. The molecule has 1 fully saturated rings. The van der Waals surface area contributed by atoms with Crippen molar-refractivity contribution in [2.45, 2.75) is 38.3 Å². The van der Waals surface area contributed by atoms with Crippen LogP contribution in [0, 0.1) is 0 Å². The van der Waals surface area contributed by atoms with Gasteiger partial charge >= 0.3 is 0 Å². The highest BCUT2D eigenvalue weighted by molar-refractivity contribution is 5.93. The van der Waals surface area contributed by atoms with Crippen molar-refractivity contribution in [2.75, 3.05) is 6.54 Å². The van der Waals surface area contributed by atoms with Crippen molar-refractivity contribution in [3.05, 3.63) is 83.1 Å². The minimum absolute atomic E-state index is 0.0959. The third kappa shape index (κ3) is 4.06. The molecule has 0 atom stereocenters. The summed E-state index contributed by atoms with van der Waals surface area (Å²) in [6.07, 6.45) is 9.53. The van der Waals surface area contributed by atoms with E-state index in [1.807, 2.05) is 34.0 Å². The fourth-order valence-corrected chi connectivity index (χ4v) is 4.39. The minimum Gasteiger partial charge on any atom is -0.451 e. The summed E-state index contributed by atoms with van der Waals surface area (Å²) in [5, 5.41) is 5.13. The Morgan fingerprint density at radius 3 is 2.69 bits per heavy atom. The topological polar surface area (TPSA) is 81.2 Å². The fourth-order valence-electron chi connectivity index (χ4n) is 4.39. The zero-order valence-corrected chi connectivity index (χ0v) is 17.7. The van der Waals surface area contributed by atoms with E-state index < -0.39 is 0 Å². The number of para-hydroxylation sites is 1. The van der Waals surface area contributed by atoms with Crippen molar-refractivity contribution in [1.82, 2.24) is 19.7 Å². The molecule has 1 amide bonds. The standard InChI is InChI=1S/C25H24N4O3/c30-22-17-24(32-23-8-4-3-7-20(22)23)25(31)29(19-5-1-2-6-19)16-15-28-14-11-21(27-28)18-9-12-26-13-10-18/h3-4,7-14,17,19H,1-2,5-6,15-16H2. The number of carbonyl (C=O) groups is 1. The van der Waals surface area contributed by atoms with Gasteiger partial charge in [0.2, 0.25) is 0 Å². The number of nitrogens with zero attached hydrogens (tertiary/aromatic N) is 4. The Kier molecular flexibility index (Phi) is 5.54. The van der Waals surface area contributed by atoms with Gasteiger partial charge in [-0.15, -0.1) is 0 Å². The van der Waals surface area contributed by atoms with E-state index >= 15 is 0 Å².